The number of para-hydroxylation sites is 1. The van der Waals surface area contributed by atoms with Gasteiger partial charge in [0.15, 0.2) is 5.13 Å². The fourth-order valence-corrected chi connectivity index (χ4v) is 4.86. The number of sulfonamides is 1. The lowest BCUT2D eigenvalue weighted by Gasteiger charge is -2.09. The van der Waals surface area contributed by atoms with E-state index >= 15 is 0 Å². The molecular weight excluding hydrogens is 418 g/mol. The van der Waals surface area contributed by atoms with Gasteiger partial charge < -0.3 is 10.1 Å². The van der Waals surface area contributed by atoms with Crippen LogP contribution in [-0.2, 0) is 14.8 Å². The number of nitrogens with zero attached hydrogens (tertiary/aromatic N) is 1. The molecular formula is C18H17N3O4S3. The third-order valence-electron chi connectivity index (χ3n) is 3.53. The van der Waals surface area contributed by atoms with Crippen LogP contribution in [0.1, 0.15) is 0 Å². The minimum Gasteiger partial charge on any atom is -0.496 e. The standard InChI is InChI=1S/C18H17N3O4S3/c1-25-15-4-2-3-5-16(15)27-12-17(22)20-13-6-8-14(9-7-13)28(23,24)21-18-19-10-11-26-18/h2-11H,12H2,1H3,(H,19,21)(H,20,22). The highest BCUT2D eigenvalue weighted by molar-refractivity contribution is 8.00. The Kier molecular flexibility index (Phi) is 6.55. The lowest BCUT2D eigenvalue weighted by atomic mass is 10.3. The van der Waals surface area contributed by atoms with Crippen LogP contribution in [0.2, 0.25) is 0 Å². The molecule has 2 N–H and O–H groups in total. The van der Waals surface area contributed by atoms with E-state index in [0.717, 1.165) is 4.90 Å². The molecule has 0 saturated heterocycles. The largest absolute Gasteiger partial charge is 0.496 e. The average molecular weight is 436 g/mol. The molecule has 1 heterocycles. The van der Waals surface area contributed by atoms with E-state index in [4.69, 9.17) is 4.74 Å². The number of carbonyl (C=O) groups is 1. The van der Waals surface area contributed by atoms with Crippen LogP contribution in [0.15, 0.2) is 69.9 Å². The maximum absolute atomic E-state index is 12.3. The molecule has 7 nitrogen and oxygen atoms in total. The monoisotopic (exact) mass is 435 g/mol. The molecule has 0 fully saturated rings. The third kappa shape index (κ3) is 5.24. The predicted molar refractivity (Wildman–Crippen MR) is 112 cm³/mol. The summed E-state index contributed by atoms with van der Waals surface area (Å²) in [5, 5.41) is 4.72. The topological polar surface area (TPSA) is 97.4 Å². The van der Waals surface area contributed by atoms with Gasteiger partial charge >= 0.3 is 0 Å². The molecule has 0 atom stereocenters. The van der Waals surface area contributed by atoms with E-state index in [9.17, 15) is 13.2 Å². The average Bonchev–Trinajstić information content (AvgIpc) is 3.19. The van der Waals surface area contributed by atoms with Crippen LogP contribution in [0.3, 0.4) is 0 Å². The van der Waals surface area contributed by atoms with Crippen molar-refractivity contribution in [2.24, 2.45) is 0 Å². The summed E-state index contributed by atoms with van der Waals surface area (Å²) in [6, 6.07) is 13.4. The maximum Gasteiger partial charge on any atom is 0.263 e. The number of nitrogens with one attached hydrogen (secondary N) is 2. The molecule has 0 spiro atoms. The van der Waals surface area contributed by atoms with Gasteiger partial charge in [0.1, 0.15) is 5.75 Å². The molecule has 3 aromatic rings. The summed E-state index contributed by atoms with van der Waals surface area (Å²) in [6.07, 6.45) is 1.52. The molecule has 0 aliphatic rings. The molecule has 10 heteroatoms. The fourth-order valence-electron chi connectivity index (χ4n) is 2.24. The van der Waals surface area contributed by atoms with Gasteiger partial charge in [-0.2, -0.15) is 0 Å². The molecule has 0 aliphatic heterocycles. The molecule has 146 valence electrons. The first-order valence-corrected chi connectivity index (χ1v) is 11.4. The normalized spacial score (nSPS) is 11.0. The van der Waals surface area contributed by atoms with E-state index in [0.29, 0.717) is 16.6 Å². The molecule has 1 amide bonds. The van der Waals surface area contributed by atoms with Crippen molar-refractivity contribution in [1.29, 1.82) is 0 Å². The summed E-state index contributed by atoms with van der Waals surface area (Å²) in [5.74, 6) is 0.710. The van der Waals surface area contributed by atoms with Crippen LogP contribution < -0.4 is 14.8 Å². The summed E-state index contributed by atoms with van der Waals surface area (Å²) in [7, 11) is -2.13. The van der Waals surface area contributed by atoms with E-state index in [-0.39, 0.29) is 16.6 Å². The quantitative estimate of drug-likeness (QED) is 0.524. The van der Waals surface area contributed by atoms with E-state index in [1.165, 1.54) is 41.4 Å². The first-order valence-electron chi connectivity index (χ1n) is 8.06. The van der Waals surface area contributed by atoms with Crippen molar-refractivity contribution in [2.45, 2.75) is 9.79 Å². The van der Waals surface area contributed by atoms with Crippen molar-refractivity contribution in [3.05, 3.63) is 60.1 Å². The van der Waals surface area contributed by atoms with Crippen molar-refractivity contribution in [3.63, 3.8) is 0 Å². The van der Waals surface area contributed by atoms with E-state index in [1.54, 1.807) is 24.6 Å². The number of rotatable bonds is 8. The number of methoxy groups -OCH3 is 1. The summed E-state index contributed by atoms with van der Waals surface area (Å²) in [4.78, 5) is 17.0. The van der Waals surface area contributed by atoms with Crippen LogP contribution in [-0.4, -0.2) is 32.2 Å². The molecule has 0 unspecified atom stereocenters. The second kappa shape index (κ2) is 9.09. The van der Waals surface area contributed by atoms with Gasteiger partial charge in [0.2, 0.25) is 5.91 Å². The highest BCUT2D eigenvalue weighted by Crippen LogP contribution is 2.28. The Morgan fingerprint density at radius 1 is 1.18 bits per heavy atom. The number of thiazole rings is 1. The molecule has 2 aromatic carbocycles. The van der Waals surface area contributed by atoms with Crippen LogP contribution in [0.5, 0.6) is 5.75 Å². The number of anilines is 2. The Hall–Kier alpha value is -2.56. The fraction of sp³-hybridized carbons (Fsp3) is 0.111. The van der Waals surface area contributed by atoms with Crippen LogP contribution in [0, 0.1) is 0 Å². The van der Waals surface area contributed by atoms with Crippen LogP contribution in [0.4, 0.5) is 10.8 Å². The molecule has 0 radical (unpaired) electrons. The van der Waals surface area contributed by atoms with E-state index in [2.05, 4.69) is 15.0 Å². The number of amides is 1. The van der Waals surface area contributed by atoms with Crippen LogP contribution >= 0.6 is 23.1 Å². The van der Waals surface area contributed by atoms with Gasteiger partial charge in [-0.3, -0.25) is 9.52 Å². The Labute approximate surface area is 171 Å². The summed E-state index contributed by atoms with van der Waals surface area (Å²) < 4.78 is 32.3. The molecule has 0 saturated carbocycles. The Morgan fingerprint density at radius 3 is 2.61 bits per heavy atom. The first-order chi connectivity index (χ1) is 13.5. The van der Waals surface area contributed by atoms with Gasteiger partial charge in [-0.25, -0.2) is 13.4 Å². The summed E-state index contributed by atoms with van der Waals surface area (Å²) in [6.45, 7) is 0. The lowest BCUT2D eigenvalue weighted by Crippen LogP contribution is -2.15. The number of carbonyl (C=O) groups excluding carboxylic acids is 1. The summed E-state index contributed by atoms with van der Waals surface area (Å²) >= 11 is 2.55. The molecule has 0 aliphatic carbocycles. The zero-order chi connectivity index (χ0) is 20.0. The summed E-state index contributed by atoms with van der Waals surface area (Å²) in [5.41, 5.74) is 0.513. The zero-order valence-corrected chi connectivity index (χ0v) is 17.2. The second-order valence-electron chi connectivity index (χ2n) is 5.45. The first kappa shape index (κ1) is 20.2. The van der Waals surface area contributed by atoms with Crippen LogP contribution in [0.25, 0.3) is 0 Å². The maximum atomic E-state index is 12.3. The molecule has 3 rings (SSSR count). The number of hydrogen-bond acceptors (Lipinski definition) is 7. The van der Waals surface area contributed by atoms with E-state index < -0.39 is 10.0 Å². The number of hydrogen-bond donors (Lipinski definition) is 2. The van der Waals surface area contributed by atoms with Crippen molar-refractivity contribution in [1.82, 2.24) is 4.98 Å². The van der Waals surface area contributed by atoms with Gasteiger partial charge in [-0.1, -0.05) is 12.1 Å². The number of benzene rings is 2. The Balaban J connectivity index is 1.58. The van der Waals surface area contributed by atoms with Crippen molar-refractivity contribution >= 4 is 49.8 Å². The number of thioether (sulfide) groups is 1. The highest BCUT2D eigenvalue weighted by Gasteiger charge is 2.15. The third-order valence-corrected chi connectivity index (χ3v) is 6.76. The minimum atomic E-state index is -3.72. The zero-order valence-electron chi connectivity index (χ0n) is 14.8. The minimum absolute atomic E-state index is 0.0871. The van der Waals surface area contributed by atoms with Crippen molar-refractivity contribution in [2.75, 3.05) is 22.9 Å². The molecule has 28 heavy (non-hydrogen) atoms. The smallest absolute Gasteiger partial charge is 0.263 e. The number of ether oxygens (including phenoxy) is 1. The van der Waals surface area contributed by atoms with Gasteiger partial charge in [-0.15, -0.1) is 23.1 Å². The lowest BCUT2D eigenvalue weighted by molar-refractivity contribution is -0.113. The van der Waals surface area contributed by atoms with Gasteiger partial charge in [0.25, 0.3) is 10.0 Å². The number of aromatic nitrogens is 1. The second-order valence-corrected chi connectivity index (χ2v) is 9.05. The van der Waals surface area contributed by atoms with Gasteiger partial charge in [0, 0.05) is 22.2 Å². The van der Waals surface area contributed by atoms with Crippen molar-refractivity contribution < 1.29 is 17.9 Å². The van der Waals surface area contributed by atoms with E-state index in [1.807, 2.05) is 24.3 Å². The Bertz CT molecular complexity index is 1040. The highest BCUT2D eigenvalue weighted by atomic mass is 32.2. The Morgan fingerprint density at radius 2 is 1.93 bits per heavy atom. The SMILES string of the molecule is COc1ccccc1SCC(=O)Nc1ccc(S(=O)(=O)Nc2nccs2)cc1. The molecule has 1 aromatic heterocycles. The predicted octanol–water partition coefficient (Wildman–Crippen LogP) is 3.68. The van der Waals surface area contributed by atoms with Gasteiger partial charge in [0.05, 0.1) is 17.8 Å². The molecule has 0 bridgehead atoms. The van der Waals surface area contributed by atoms with Gasteiger partial charge in [-0.05, 0) is 36.4 Å². The van der Waals surface area contributed by atoms with Crippen molar-refractivity contribution in [3.8, 4) is 5.75 Å².